The zero-order valence-corrected chi connectivity index (χ0v) is 9.18. The molecule has 4 nitrogen and oxygen atoms in total. The summed E-state index contributed by atoms with van der Waals surface area (Å²) in [5.41, 5.74) is 1.59. The van der Waals surface area contributed by atoms with Crippen molar-refractivity contribution in [3.63, 3.8) is 0 Å². The fourth-order valence-corrected chi connectivity index (χ4v) is 0.939. The van der Waals surface area contributed by atoms with Crippen molar-refractivity contribution in [3.8, 4) is 11.5 Å². The van der Waals surface area contributed by atoms with Gasteiger partial charge in [-0.25, -0.2) is 15.0 Å². The highest BCUT2D eigenvalue weighted by atomic mass is 14.9. The van der Waals surface area contributed by atoms with Crippen molar-refractivity contribution in [2.24, 2.45) is 0 Å². The molecule has 0 amide bonds. The van der Waals surface area contributed by atoms with E-state index in [9.17, 15) is 0 Å². The average molecular weight is 202 g/mol. The van der Waals surface area contributed by atoms with Gasteiger partial charge in [-0.3, -0.25) is 4.98 Å². The summed E-state index contributed by atoms with van der Waals surface area (Å²) in [5, 5.41) is 0. The highest BCUT2D eigenvalue weighted by Gasteiger charge is 2.00. The first-order valence-electron chi connectivity index (χ1n) is 4.92. The van der Waals surface area contributed by atoms with Gasteiger partial charge in [0.1, 0.15) is 5.69 Å². The molecule has 0 spiro atoms. The van der Waals surface area contributed by atoms with Crippen LogP contribution in [0.4, 0.5) is 0 Å². The Morgan fingerprint density at radius 3 is 2.07 bits per heavy atom. The Hall–Kier alpha value is -1.84. The lowest BCUT2D eigenvalue weighted by atomic mass is 10.4. The lowest BCUT2D eigenvalue weighted by Gasteiger charge is -1.96. The quantitative estimate of drug-likeness (QED) is 0.711. The molecule has 0 saturated carbocycles. The molecule has 0 radical (unpaired) electrons. The van der Waals surface area contributed by atoms with Crippen LogP contribution in [0.2, 0.25) is 0 Å². The lowest BCUT2D eigenvalue weighted by Crippen LogP contribution is -1.92. The highest BCUT2D eigenvalue weighted by Crippen LogP contribution is 2.07. The molecule has 0 atom stereocenters. The highest BCUT2D eigenvalue weighted by molar-refractivity contribution is 5.45. The van der Waals surface area contributed by atoms with Crippen LogP contribution < -0.4 is 0 Å². The number of rotatable bonds is 1. The molecule has 4 heteroatoms. The van der Waals surface area contributed by atoms with E-state index in [1.807, 2.05) is 20.8 Å². The fourth-order valence-electron chi connectivity index (χ4n) is 0.939. The van der Waals surface area contributed by atoms with Crippen molar-refractivity contribution < 1.29 is 0 Å². The van der Waals surface area contributed by atoms with E-state index in [1.165, 1.54) is 0 Å². The van der Waals surface area contributed by atoms with Gasteiger partial charge in [0.2, 0.25) is 0 Å². The summed E-state index contributed by atoms with van der Waals surface area (Å²) < 4.78 is 0. The average Bonchev–Trinajstić information content (AvgIpc) is 2.34. The van der Waals surface area contributed by atoms with Crippen LogP contribution in [-0.4, -0.2) is 19.9 Å². The van der Waals surface area contributed by atoms with Crippen molar-refractivity contribution in [2.45, 2.75) is 20.8 Å². The summed E-state index contributed by atoms with van der Waals surface area (Å²) in [6.07, 6.45) is 6.74. The molecular formula is C11H14N4. The van der Waals surface area contributed by atoms with Gasteiger partial charge >= 0.3 is 0 Å². The Morgan fingerprint density at radius 1 is 0.867 bits per heavy atom. The molecule has 0 unspecified atom stereocenters. The van der Waals surface area contributed by atoms with E-state index in [-0.39, 0.29) is 0 Å². The number of aryl methyl sites for hydroxylation is 1. The molecule has 15 heavy (non-hydrogen) atoms. The van der Waals surface area contributed by atoms with Crippen LogP contribution in [0.25, 0.3) is 11.5 Å². The molecular weight excluding hydrogens is 188 g/mol. The van der Waals surface area contributed by atoms with Gasteiger partial charge in [-0.2, -0.15) is 0 Å². The first kappa shape index (κ1) is 11.2. The minimum absolute atomic E-state index is 0.606. The van der Waals surface area contributed by atoms with Gasteiger partial charge in [0.05, 0.1) is 11.9 Å². The van der Waals surface area contributed by atoms with Crippen molar-refractivity contribution >= 4 is 0 Å². The Balaban J connectivity index is 0.000000531. The minimum atomic E-state index is 0.606. The zero-order chi connectivity index (χ0) is 11.1. The molecule has 2 aromatic heterocycles. The summed E-state index contributed by atoms with van der Waals surface area (Å²) in [6, 6.07) is 1.77. The van der Waals surface area contributed by atoms with Crippen LogP contribution in [-0.2, 0) is 0 Å². The summed E-state index contributed by atoms with van der Waals surface area (Å²) in [4.78, 5) is 16.4. The van der Waals surface area contributed by atoms with E-state index in [0.717, 1.165) is 5.69 Å². The third kappa shape index (κ3) is 3.09. The van der Waals surface area contributed by atoms with Crippen LogP contribution >= 0.6 is 0 Å². The van der Waals surface area contributed by atoms with Gasteiger partial charge in [-0.1, -0.05) is 13.8 Å². The summed E-state index contributed by atoms with van der Waals surface area (Å²) >= 11 is 0. The van der Waals surface area contributed by atoms with Gasteiger partial charge in [-0.15, -0.1) is 0 Å². The van der Waals surface area contributed by atoms with Gasteiger partial charge in [0.25, 0.3) is 0 Å². The molecule has 0 bridgehead atoms. The second-order valence-corrected chi connectivity index (χ2v) is 2.62. The van der Waals surface area contributed by atoms with Gasteiger partial charge in [0.15, 0.2) is 5.82 Å². The molecule has 0 saturated heterocycles. The third-order valence-electron chi connectivity index (χ3n) is 1.58. The second-order valence-electron chi connectivity index (χ2n) is 2.62. The summed E-state index contributed by atoms with van der Waals surface area (Å²) in [5.74, 6) is 0.606. The molecule has 2 rings (SSSR count). The molecule has 0 aliphatic carbocycles. The number of nitrogens with zero attached hydrogens (tertiary/aromatic N) is 4. The van der Waals surface area contributed by atoms with Gasteiger partial charge in [0, 0.05) is 18.6 Å². The van der Waals surface area contributed by atoms with E-state index in [1.54, 1.807) is 30.9 Å². The Kier molecular flexibility index (Phi) is 4.34. The largest absolute Gasteiger partial charge is 0.258 e. The Morgan fingerprint density at radius 2 is 1.53 bits per heavy atom. The monoisotopic (exact) mass is 202 g/mol. The van der Waals surface area contributed by atoms with Crippen LogP contribution in [0.15, 0.2) is 30.9 Å². The molecule has 2 heterocycles. The van der Waals surface area contributed by atoms with E-state index in [2.05, 4.69) is 19.9 Å². The second kappa shape index (κ2) is 5.80. The van der Waals surface area contributed by atoms with Gasteiger partial charge < -0.3 is 0 Å². The number of hydrogen-bond donors (Lipinski definition) is 0. The first-order chi connectivity index (χ1) is 7.36. The fraction of sp³-hybridized carbons (Fsp3) is 0.273. The standard InChI is InChI=1S/C9H8N4.C2H6/c1-7-5-13-8(6-12-7)9-10-3-2-4-11-9;1-2/h2-6H,1H3;1-2H3. The predicted octanol–water partition coefficient (Wildman–Crippen LogP) is 2.27. The number of aromatic nitrogens is 4. The molecule has 2 aromatic rings. The van der Waals surface area contributed by atoms with Crippen molar-refractivity contribution in [2.75, 3.05) is 0 Å². The van der Waals surface area contributed by atoms with Crippen LogP contribution in [0, 0.1) is 6.92 Å². The van der Waals surface area contributed by atoms with Crippen LogP contribution in [0.3, 0.4) is 0 Å². The SMILES string of the molecule is CC.Cc1cnc(-c2ncccn2)cn1. The van der Waals surface area contributed by atoms with Crippen molar-refractivity contribution in [1.29, 1.82) is 0 Å². The first-order valence-corrected chi connectivity index (χ1v) is 4.92. The van der Waals surface area contributed by atoms with E-state index >= 15 is 0 Å². The molecule has 0 N–H and O–H groups in total. The molecule has 0 fully saturated rings. The minimum Gasteiger partial charge on any atom is -0.258 e. The zero-order valence-electron chi connectivity index (χ0n) is 9.18. The Bertz CT molecular complexity index is 383. The van der Waals surface area contributed by atoms with Crippen molar-refractivity contribution in [1.82, 2.24) is 19.9 Å². The normalized spacial score (nSPS) is 9.00. The Labute approximate surface area is 89.5 Å². The maximum absolute atomic E-state index is 4.16. The topological polar surface area (TPSA) is 51.6 Å². The molecule has 0 aromatic carbocycles. The van der Waals surface area contributed by atoms with Gasteiger partial charge in [-0.05, 0) is 13.0 Å². The smallest absolute Gasteiger partial charge is 0.179 e. The summed E-state index contributed by atoms with van der Waals surface area (Å²) in [7, 11) is 0. The molecule has 78 valence electrons. The number of hydrogen-bond acceptors (Lipinski definition) is 4. The van der Waals surface area contributed by atoms with E-state index in [4.69, 9.17) is 0 Å². The van der Waals surface area contributed by atoms with E-state index < -0.39 is 0 Å². The summed E-state index contributed by atoms with van der Waals surface area (Å²) in [6.45, 7) is 5.89. The van der Waals surface area contributed by atoms with Crippen molar-refractivity contribution in [3.05, 3.63) is 36.5 Å². The predicted molar refractivity (Wildman–Crippen MR) is 59.1 cm³/mol. The third-order valence-corrected chi connectivity index (χ3v) is 1.58. The van der Waals surface area contributed by atoms with E-state index in [0.29, 0.717) is 11.5 Å². The molecule has 0 aliphatic rings. The molecule has 0 aliphatic heterocycles. The van der Waals surface area contributed by atoms with Crippen LogP contribution in [0.1, 0.15) is 19.5 Å². The maximum atomic E-state index is 4.16. The lowest BCUT2D eigenvalue weighted by molar-refractivity contribution is 1.08. The maximum Gasteiger partial charge on any atom is 0.179 e. The van der Waals surface area contributed by atoms with Crippen LogP contribution in [0.5, 0.6) is 0 Å².